The van der Waals surface area contributed by atoms with Crippen LogP contribution in [0.3, 0.4) is 0 Å². The number of rotatable bonds is 4. The van der Waals surface area contributed by atoms with E-state index >= 15 is 0 Å². The highest BCUT2D eigenvalue weighted by Gasteiger charge is 2.35. The number of hydrogen-bond acceptors (Lipinski definition) is 3. The molecule has 0 aliphatic carbocycles. The summed E-state index contributed by atoms with van der Waals surface area (Å²) in [6, 6.07) is 4.82. The molecule has 0 bridgehead atoms. The Balaban J connectivity index is 1.84. The third-order valence-electron chi connectivity index (χ3n) is 4.99. The monoisotopic (exact) mass is 421 g/mol. The van der Waals surface area contributed by atoms with Gasteiger partial charge in [0.15, 0.2) is 0 Å². The fourth-order valence-electron chi connectivity index (χ4n) is 3.62. The molecule has 162 valence electrons. The normalized spacial score (nSPS) is 16.9. The molecule has 30 heavy (non-hydrogen) atoms. The molecule has 1 atom stereocenters. The fraction of sp³-hybridized carbons (Fsp3) is 0.455. The van der Waals surface area contributed by atoms with Crippen LogP contribution < -0.4 is 0 Å². The first kappa shape index (κ1) is 21.9. The number of aromatic nitrogens is 2. The zero-order chi connectivity index (χ0) is 22.1. The Kier molecular flexibility index (Phi) is 5.97. The molecule has 0 spiro atoms. The number of halogens is 3. The molecule has 1 unspecified atom stereocenters. The first-order valence-electron chi connectivity index (χ1n) is 9.83. The van der Waals surface area contributed by atoms with Gasteiger partial charge < -0.3 is 9.30 Å². The van der Waals surface area contributed by atoms with Crippen molar-refractivity contribution in [1.29, 1.82) is 0 Å². The second-order valence-electron chi connectivity index (χ2n) is 8.34. The SMILES string of the molecule is C=Cc1ncn2c1C(CCc1ccc(C(F)(F)F)cc1)N(C(=O)OC(C)(C)C)CC2. The second-order valence-corrected chi connectivity index (χ2v) is 8.34. The van der Waals surface area contributed by atoms with Crippen molar-refractivity contribution in [1.82, 2.24) is 14.5 Å². The molecule has 0 radical (unpaired) electrons. The maximum Gasteiger partial charge on any atom is 0.416 e. The van der Waals surface area contributed by atoms with Gasteiger partial charge in [-0.3, -0.25) is 4.90 Å². The number of aryl methyl sites for hydroxylation is 1. The molecule has 2 aromatic rings. The van der Waals surface area contributed by atoms with Gasteiger partial charge in [0, 0.05) is 13.1 Å². The van der Waals surface area contributed by atoms with Crippen LogP contribution in [-0.4, -0.2) is 32.7 Å². The Morgan fingerprint density at radius 1 is 1.23 bits per heavy atom. The summed E-state index contributed by atoms with van der Waals surface area (Å²) in [5, 5.41) is 0. The summed E-state index contributed by atoms with van der Waals surface area (Å²) < 4.78 is 46.0. The van der Waals surface area contributed by atoms with Gasteiger partial charge in [-0.15, -0.1) is 0 Å². The Labute approximate surface area is 174 Å². The zero-order valence-electron chi connectivity index (χ0n) is 17.4. The number of carbonyl (C=O) groups is 1. The van der Waals surface area contributed by atoms with E-state index in [2.05, 4.69) is 11.6 Å². The van der Waals surface area contributed by atoms with E-state index in [1.165, 1.54) is 12.1 Å². The Bertz CT molecular complexity index is 911. The van der Waals surface area contributed by atoms with Crippen molar-refractivity contribution >= 4 is 12.2 Å². The molecule has 2 heterocycles. The van der Waals surface area contributed by atoms with E-state index in [1.807, 2.05) is 25.3 Å². The molecule has 3 rings (SSSR count). The zero-order valence-corrected chi connectivity index (χ0v) is 17.4. The Morgan fingerprint density at radius 2 is 1.90 bits per heavy atom. The number of carbonyl (C=O) groups excluding carboxylic acids is 1. The highest BCUT2D eigenvalue weighted by molar-refractivity contribution is 5.69. The molecule has 0 saturated heterocycles. The van der Waals surface area contributed by atoms with Gasteiger partial charge in [-0.1, -0.05) is 18.7 Å². The van der Waals surface area contributed by atoms with Gasteiger partial charge in [0.2, 0.25) is 0 Å². The van der Waals surface area contributed by atoms with Crippen LogP contribution in [0.5, 0.6) is 0 Å². The Morgan fingerprint density at radius 3 is 2.47 bits per heavy atom. The summed E-state index contributed by atoms with van der Waals surface area (Å²) in [5.41, 5.74) is 1.03. The summed E-state index contributed by atoms with van der Waals surface area (Å²) in [6.07, 6.45) is -0.372. The van der Waals surface area contributed by atoms with E-state index in [-0.39, 0.29) is 6.04 Å². The number of benzene rings is 1. The molecule has 0 saturated carbocycles. The van der Waals surface area contributed by atoms with Gasteiger partial charge in [-0.05, 0) is 57.4 Å². The average Bonchev–Trinajstić information content (AvgIpc) is 3.07. The quantitative estimate of drug-likeness (QED) is 0.658. The summed E-state index contributed by atoms with van der Waals surface area (Å²) in [6.45, 7) is 10.3. The van der Waals surface area contributed by atoms with Gasteiger partial charge in [0.05, 0.1) is 29.3 Å². The molecule has 8 heteroatoms. The number of imidazole rings is 1. The third kappa shape index (κ3) is 4.86. The third-order valence-corrected chi connectivity index (χ3v) is 4.99. The second kappa shape index (κ2) is 8.16. The lowest BCUT2D eigenvalue weighted by molar-refractivity contribution is -0.137. The van der Waals surface area contributed by atoms with Gasteiger partial charge in [-0.25, -0.2) is 9.78 Å². The first-order chi connectivity index (χ1) is 14.0. The molecule has 0 fully saturated rings. The van der Waals surface area contributed by atoms with Crippen LogP contribution in [0, 0.1) is 0 Å². The van der Waals surface area contributed by atoms with Crippen molar-refractivity contribution < 1.29 is 22.7 Å². The maximum absolute atomic E-state index is 12.8. The van der Waals surface area contributed by atoms with Crippen molar-refractivity contribution in [2.45, 2.75) is 58.0 Å². The van der Waals surface area contributed by atoms with Crippen LogP contribution in [0.2, 0.25) is 0 Å². The van der Waals surface area contributed by atoms with Crippen LogP contribution >= 0.6 is 0 Å². The number of ether oxygens (including phenoxy) is 1. The average molecular weight is 421 g/mol. The summed E-state index contributed by atoms with van der Waals surface area (Å²) >= 11 is 0. The van der Waals surface area contributed by atoms with E-state index in [0.29, 0.717) is 31.6 Å². The smallest absolute Gasteiger partial charge is 0.416 e. The number of alkyl halides is 3. The topological polar surface area (TPSA) is 47.4 Å². The lowest BCUT2D eigenvalue weighted by atomic mass is 9.98. The van der Waals surface area contributed by atoms with Gasteiger partial charge in [-0.2, -0.15) is 13.2 Å². The number of amides is 1. The van der Waals surface area contributed by atoms with Crippen LogP contribution in [0.4, 0.5) is 18.0 Å². The van der Waals surface area contributed by atoms with Gasteiger partial charge in [0.25, 0.3) is 0 Å². The maximum atomic E-state index is 12.8. The van der Waals surface area contributed by atoms with E-state index in [1.54, 1.807) is 17.3 Å². The van der Waals surface area contributed by atoms with Gasteiger partial charge in [0.1, 0.15) is 5.60 Å². The van der Waals surface area contributed by atoms with Crippen molar-refractivity contribution in [3.8, 4) is 0 Å². The molecular weight excluding hydrogens is 395 g/mol. The van der Waals surface area contributed by atoms with Crippen LogP contribution in [0.15, 0.2) is 37.2 Å². The highest BCUT2D eigenvalue weighted by atomic mass is 19.4. The summed E-state index contributed by atoms with van der Waals surface area (Å²) in [7, 11) is 0. The predicted octanol–water partition coefficient (Wildman–Crippen LogP) is 5.47. The molecule has 5 nitrogen and oxygen atoms in total. The van der Waals surface area contributed by atoms with Crippen molar-refractivity contribution in [2.24, 2.45) is 0 Å². The standard InChI is InChI=1S/C22H26F3N3O2/c1-5-17-19-18(11-8-15-6-9-16(10-7-15)22(23,24)25)28(13-12-27(19)14-26-17)20(29)30-21(2,3)4/h5-7,9-10,14,18H,1,8,11-13H2,2-4H3. The van der Waals surface area contributed by atoms with Gasteiger partial charge >= 0.3 is 12.3 Å². The van der Waals surface area contributed by atoms with Crippen molar-refractivity contribution in [3.63, 3.8) is 0 Å². The largest absolute Gasteiger partial charge is 0.444 e. The molecule has 1 aliphatic rings. The lowest BCUT2D eigenvalue weighted by Crippen LogP contribution is -2.44. The van der Waals surface area contributed by atoms with E-state index in [4.69, 9.17) is 4.74 Å². The number of fused-ring (bicyclic) bond motifs is 1. The predicted molar refractivity (Wildman–Crippen MR) is 108 cm³/mol. The highest BCUT2D eigenvalue weighted by Crippen LogP contribution is 2.34. The molecule has 1 aromatic carbocycles. The molecule has 1 amide bonds. The Hall–Kier alpha value is -2.77. The molecular formula is C22H26F3N3O2. The van der Waals surface area contributed by atoms with Crippen molar-refractivity contribution in [3.05, 3.63) is 59.7 Å². The summed E-state index contributed by atoms with van der Waals surface area (Å²) in [4.78, 5) is 18.9. The van der Waals surface area contributed by atoms with Crippen molar-refractivity contribution in [2.75, 3.05) is 6.54 Å². The van der Waals surface area contributed by atoms with E-state index in [9.17, 15) is 18.0 Å². The minimum absolute atomic E-state index is 0.314. The minimum atomic E-state index is -4.36. The van der Waals surface area contributed by atoms with Crippen LogP contribution in [-0.2, 0) is 23.9 Å². The van der Waals surface area contributed by atoms with E-state index in [0.717, 1.165) is 23.4 Å². The summed E-state index contributed by atoms with van der Waals surface area (Å²) in [5.74, 6) is 0. The molecule has 0 N–H and O–H groups in total. The lowest BCUT2D eigenvalue weighted by Gasteiger charge is -2.38. The van der Waals surface area contributed by atoms with Crippen LogP contribution in [0.25, 0.3) is 6.08 Å². The van der Waals surface area contributed by atoms with E-state index < -0.39 is 23.4 Å². The fourth-order valence-corrected chi connectivity index (χ4v) is 3.62. The number of nitrogens with zero attached hydrogens (tertiary/aromatic N) is 3. The molecule has 1 aliphatic heterocycles. The van der Waals surface area contributed by atoms with Crippen LogP contribution in [0.1, 0.15) is 55.7 Å². The first-order valence-corrected chi connectivity index (χ1v) is 9.83. The molecule has 1 aromatic heterocycles. The number of hydrogen-bond donors (Lipinski definition) is 0. The minimum Gasteiger partial charge on any atom is -0.444 e.